The molecule has 0 saturated heterocycles. The predicted octanol–water partition coefficient (Wildman–Crippen LogP) is 2.81. The van der Waals surface area contributed by atoms with Crippen molar-refractivity contribution in [1.29, 1.82) is 5.26 Å². The molecule has 0 N–H and O–H groups in total. The summed E-state index contributed by atoms with van der Waals surface area (Å²) >= 11 is 7.51. The van der Waals surface area contributed by atoms with Crippen molar-refractivity contribution in [2.45, 2.75) is 5.88 Å². The standard InChI is InChI=1S/C8H4ClIN2O2/c9-3-6-7(10)1-5(4-11)2-8(6)12(13)14/h1-2H,3H2. The van der Waals surface area contributed by atoms with E-state index in [9.17, 15) is 10.1 Å². The lowest BCUT2D eigenvalue weighted by molar-refractivity contribution is -0.385. The minimum absolute atomic E-state index is 0.0697. The average Bonchev–Trinajstić information content (AvgIpc) is 2.16. The Balaban J connectivity index is 3.45. The molecule has 0 heterocycles. The molecule has 0 aliphatic heterocycles. The molecule has 0 unspecified atom stereocenters. The fourth-order valence-corrected chi connectivity index (χ4v) is 2.29. The second-order valence-corrected chi connectivity index (χ2v) is 3.89. The third-order valence-corrected chi connectivity index (χ3v) is 2.86. The van der Waals surface area contributed by atoms with Crippen LogP contribution in [0.4, 0.5) is 5.69 Å². The van der Waals surface area contributed by atoms with Gasteiger partial charge < -0.3 is 0 Å². The van der Waals surface area contributed by atoms with Gasteiger partial charge in [-0.2, -0.15) is 5.26 Å². The minimum Gasteiger partial charge on any atom is -0.258 e. The van der Waals surface area contributed by atoms with Gasteiger partial charge in [0.05, 0.1) is 28.0 Å². The largest absolute Gasteiger partial charge is 0.276 e. The quantitative estimate of drug-likeness (QED) is 0.364. The van der Waals surface area contributed by atoms with Crippen LogP contribution in [0.1, 0.15) is 11.1 Å². The molecule has 0 saturated carbocycles. The summed E-state index contributed by atoms with van der Waals surface area (Å²) in [5.74, 6) is 0.0697. The third kappa shape index (κ3) is 2.13. The fourth-order valence-electron chi connectivity index (χ4n) is 0.982. The molecule has 6 heteroatoms. The monoisotopic (exact) mass is 322 g/mol. The Kier molecular flexibility index (Phi) is 3.66. The highest BCUT2D eigenvalue weighted by molar-refractivity contribution is 14.1. The molecule has 0 amide bonds. The zero-order valence-electron chi connectivity index (χ0n) is 6.83. The van der Waals surface area contributed by atoms with E-state index < -0.39 is 4.92 Å². The zero-order chi connectivity index (χ0) is 10.7. The second kappa shape index (κ2) is 4.57. The van der Waals surface area contributed by atoms with Crippen LogP contribution in [0.2, 0.25) is 0 Å². The van der Waals surface area contributed by atoms with Gasteiger partial charge in [0.1, 0.15) is 0 Å². The number of nitrogens with zero attached hydrogens (tertiary/aromatic N) is 2. The predicted molar refractivity (Wildman–Crippen MR) is 60.1 cm³/mol. The number of hydrogen-bond acceptors (Lipinski definition) is 3. The summed E-state index contributed by atoms with van der Waals surface area (Å²) in [6, 6.07) is 4.67. The average molecular weight is 322 g/mol. The van der Waals surface area contributed by atoms with Crippen molar-refractivity contribution in [3.8, 4) is 6.07 Å². The maximum atomic E-state index is 10.6. The van der Waals surface area contributed by atoms with E-state index in [2.05, 4.69) is 0 Å². The Hall–Kier alpha value is -0.870. The molecule has 0 atom stereocenters. The highest BCUT2D eigenvalue weighted by Gasteiger charge is 2.17. The molecule has 0 aromatic heterocycles. The number of nitro benzene ring substituents is 1. The number of nitro groups is 1. The Morgan fingerprint density at radius 1 is 1.64 bits per heavy atom. The first kappa shape index (κ1) is 11.2. The highest BCUT2D eigenvalue weighted by atomic mass is 127. The van der Waals surface area contributed by atoms with Crippen LogP contribution in [0.3, 0.4) is 0 Å². The number of rotatable bonds is 2. The van der Waals surface area contributed by atoms with Gasteiger partial charge in [-0.1, -0.05) is 0 Å². The first-order valence-corrected chi connectivity index (χ1v) is 5.14. The van der Waals surface area contributed by atoms with E-state index in [1.165, 1.54) is 6.07 Å². The summed E-state index contributed by atoms with van der Waals surface area (Å²) < 4.78 is 0.642. The molecule has 0 aliphatic carbocycles. The molecule has 1 aromatic rings. The Labute approximate surface area is 98.8 Å². The molecule has 0 spiro atoms. The SMILES string of the molecule is N#Cc1cc(I)c(CCl)c([N+](=O)[O-])c1. The van der Waals surface area contributed by atoms with Crippen molar-refractivity contribution < 1.29 is 4.92 Å². The molecule has 72 valence electrons. The summed E-state index contributed by atoms with van der Waals surface area (Å²) in [5, 5.41) is 19.3. The van der Waals surface area contributed by atoms with E-state index in [0.29, 0.717) is 9.13 Å². The van der Waals surface area contributed by atoms with Crippen LogP contribution in [0.5, 0.6) is 0 Å². The lowest BCUT2D eigenvalue weighted by Gasteiger charge is -2.02. The topological polar surface area (TPSA) is 66.9 Å². The lowest BCUT2D eigenvalue weighted by atomic mass is 10.1. The number of benzene rings is 1. The van der Waals surface area contributed by atoms with Crippen LogP contribution in [0.25, 0.3) is 0 Å². The van der Waals surface area contributed by atoms with E-state index in [1.54, 1.807) is 6.07 Å². The van der Waals surface area contributed by atoms with Crippen molar-refractivity contribution in [3.63, 3.8) is 0 Å². The Morgan fingerprint density at radius 2 is 2.29 bits per heavy atom. The number of halogens is 2. The van der Waals surface area contributed by atoms with E-state index >= 15 is 0 Å². The fraction of sp³-hybridized carbons (Fsp3) is 0.125. The molecule has 1 aromatic carbocycles. The minimum atomic E-state index is -0.527. The first-order valence-electron chi connectivity index (χ1n) is 3.53. The molecular weight excluding hydrogens is 318 g/mol. The van der Waals surface area contributed by atoms with E-state index in [1.807, 2.05) is 28.7 Å². The molecule has 0 aliphatic rings. The number of alkyl halides is 1. The van der Waals surface area contributed by atoms with Gasteiger partial charge in [0, 0.05) is 9.64 Å². The van der Waals surface area contributed by atoms with Crippen LogP contribution in [-0.4, -0.2) is 4.92 Å². The summed E-state index contributed by atoms with van der Waals surface area (Å²) in [6.07, 6.45) is 0. The maximum Gasteiger partial charge on any atom is 0.276 e. The van der Waals surface area contributed by atoms with Crippen LogP contribution in [0.15, 0.2) is 12.1 Å². The van der Waals surface area contributed by atoms with Crippen molar-refractivity contribution in [1.82, 2.24) is 0 Å². The molecular formula is C8H4ClIN2O2. The van der Waals surface area contributed by atoms with Gasteiger partial charge in [-0.15, -0.1) is 11.6 Å². The van der Waals surface area contributed by atoms with E-state index in [4.69, 9.17) is 16.9 Å². The summed E-state index contributed by atoms with van der Waals surface area (Å²) in [4.78, 5) is 10.1. The maximum absolute atomic E-state index is 10.6. The van der Waals surface area contributed by atoms with Gasteiger partial charge in [0.2, 0.25) is 0 Å². The van der Waals surface area contributed by atoms with Crippen molar-refractivity contribution in [3.05, 3.63) is 36.9 Å². The third-order valence-electron chi connectivity index (χ3n) is 1.63. The number of nitriles is 1. The van der Waals surface area contributed by atoms with Gasteiger partial charge in [0.15, 0.2) is 0 Å². The van der Waals surface area contributed by atoms with Gasteiger partial charge in [-0.3, -0.25) is 10.1 Å². The van der Waals surface area contributed by atoms with E-state index in [-0.39, 0.29) is 17.1 Å². The van der Waals surface area contributed by atoms with Crippen LogP contribution < -0.4 is 0 Å². The summed E-state index contributed by atoms with van der Waals surface area (Å²) in [7, 11) is 0. The van der Waals surface area contributed by atoms with Gasteiger partial charge in [-0.05, 0) is 28.7 Å². The van der Waals surface area contributed by atoms with Crippen molar-refractivity contribution >= 4 is 39.9 Å². The highest BCUT2D eigenvalue weighted by Crippen LogP contribution is 2.27. The molecule has 14 heavy (non-hydrogen) atoms. The molecule has 1 rings (SSSR count). The summed E-state index contributed by atoms with van der Waals surface area (Å²) in [6.45, 7) is 0. The molecule has 0 bridgehead atoms. The lowest BCUT2D eigenvalue weighted by Crippen LogP contribution is -1.97. The first-order chi connectivity index (χ1) is 6.60. The van der Waals surface area contributed by atoms with Crippen LogP contribution in [0, 0.1) is 25.0 Å². The Bertz CT molecular complexity index is 428. The number of hydrogen-bond donors (Lipinski definition) is 0. The second-order valence-electron chi connectivity index (χ2n) is 2.46. The summed E-state index contributed by atoms with van der Waals surface area (Å²) in [5.41, 5.74) is 0.634. The molecule has 4 nitrogen and oxygen atoms in total. The van der Waals surface area contributed by atoms with E-state index in [0.717, 1.165) is 0 Å². The zero-order valence-corrected chi connectivity index (χ0v) is 9.74. The van der Waals surface area contributed by atoms with Gasteiger partial charge >= 0.3 is 0 Å². The Morgan fingerprint density at radius 3 is 2.71 bits per heavy atom. The smallest absolute Gasteiger partial charge is 0.258 e. The normalized spacial score (nSPS) is 9.50. The van der Waals surface area contributed by atoms with Crippen LogP contribution in [-0.2, 0) is 5.88 Å². The van der Waals surface area contributed by atoms with Crippen molar-refractivity contribution in [2.75, 3.05) is 0 Å². The van der Waals surface area contributed by atoms with Gasteiger partial charge in [-0.25, -0.2) is 0 Å². The molecule has 0 radical (unpaired) electrons. The van der Waals surface area contributed by atoms with Crippen molar-refractivity contribution in [2.24, 2.45) is 0 Å². The molecule has 0 fully saturated rings. The van der Waals surface area contributed by atoms with Crippen LogP contribution >= 0.6 is 34.2 Å². The van der Waals surface area contributed by atoms with Gasteiger partial charge in [0.25, 0.3) is 5.69 Å².